The molecule has 0 N–H and O–H groups in total. The van der Waals surface area contributed by atoms with Crippen molar-refractivity contribution in [1.82, 2.24) is 0 Å². The molecular weight excluding hydrogens is 388 g/mol. The molecule has 4 atom stereocenters. The molecule has 32 heavy (non-hydrogen) atoms. The summed E-state index contributed by atoms with van der Waals surface area (Å²) >= 11 is 0. The summed E-state index contributed by atoms with van der Waals surface area (Å²) < 4.78 is 0. The van der Waals surface area contributed by atoms with Crippen LogP contribution in [0.2, 0.25) is 0 Å². The lowest BCUT2D eigenvalue weighted by atomic mass is 9.61. The Balaban J connectivity index is 1.48. The van der Waals surface area contributed by atoms with E-state index in [-0.39, 0.29) is 16.5 Å². The van der Waals surface area contributed by atoms with Gasteiger partial charge in [-0.15, -0.1) is 0 Å². The maximum atomic E-state index is 5.26. The largest absolute Gasteiger partial charge is 0.181 e. The molecule has 0 radical (unpaired) electrons. The fourth-order valence-electron chi connectivity index (χ4n) is 7.85. The van der Waals surface area contributed by atoms with Gasteiger partial charge in [0.05, 0.1) is 0 Å². The van der Waals surface area contributed by atoms with Crippen LogP contribution in [0, 0.1) is 17.3 Å². The zero-order valence-electron chi connectivity index (χ0n) is 18.8. The molecule has 0 saturated heterocycles. The van der Waals surface area contributed by atoms with Crippen LogP contribution in [0.15, 0.2) is 95.2 Å². The maximum Gasteiger partial charge on any atom is 0.117 e. The number of hydrogen-bond donors (Lipinski definition) is 0. The Kier molecular flexibility index (Phi) is 3.52. The molecule has 2 bridgehead atoms. The second-order valence-corrected chi connectivity index (χ2v) is 10.6. The van der Waals surface area contributed by atoms with Gasteiger partial charge in [-0.3, -0.25) is 0 Å². The third kappa shape index (κ3) is 1.98. The number of rotatable bonds is 2. The van der Waals surface area contributed by atoms with Crippen molar-refractivity contribution in [2.24, 2.45) is 27.5 Å². The van der Waals surface area contributed by atoms with Gasteiger partial charge in [0.1, 0.15) is 11.1 Å². The van der Waals surface area contributed by atoms with Gasteiger partial charge in [-0.1, -0.05) is 93.1 Å². The summed E-state index contributed by atoms with van der Waals surface area (Å²) in [6, 6.07) is 31.4. The molecule has 0 aromatic heterocycles. The predicted molar refractivity (Wildman–Crippen MR) is 131 cm³/mol. The van der Waals surface area contributed by atoms with E-state index in [0.717, 1.165) is 0 Å². The van der Waals surface area contributed by atoms with Crippen molar-refractivity contribution in [2.45, 2.75) is 44.2 Å². The fraction of sp³-hybridized carbons (Fsp3) is 0.333. The van der Waals surface area contributed by atoms with Crippen LogP contribution in [0.25, 0.3) is 21.5 Å². The van der Waals surface area contributed by atoms with Gasteiger partial charge in [-0.25, -0.2) is 0 Å². The van der Waals surface area contributed by atoms with E-state index in [0.29, 0.717) is 11.8 Å². The summed E-state index contributed by atoms with van der Waals surface area (Å²) in [5.74, 6) is 1.09. The Morgan fingerprint density at radius 3 is 1.50 bits per heavy atom. The van der Waals surface area contributed by atoms with Crippen molar-refractivity contribution in [3.63, 3.8) is 0 Å². The summed E-state index contributed by atoms with van der Waals surface area (Å²) in [4.78, 5) is 0. The standard InChI is InChI=1S/C30H28N2/c1-28(2)29(24-16-14-20-8-3-5-10-22(20)18-24)26-12-7-13-27(26)30(28,32-31-29)25-17-15-21-9-4-6-11-23(21)19-25/h3-6,8-11,14-19,26-27H,7,12-13H2,1-2H3. The third-order valence-electron chi connectivity index (χ3n) is 9.24. The Morgan fingerprint density at radius 1 is 0.594 bits per heavy atom. The van der Waals surface area contributed by atoms with Gasteiger partial charge in [0.2, 0.25) is 0 Å². The average Bonchev–Trinajstić information content (AvgIpc) is 3.45. The lowest BCUT2D eigenvalue weighted by Crippen LogP contribution is -2.44. The van der Waals surface area contributed by atoms with Gasteiger partial charge in [0.15, 0.2) is 0 Å². The lowest BCUT2D eigenvalue weighted by molar-refractivity contribution is 0.141. The van der Waals surface area contributed by atoms with Gasteiger partial charge in [-0.2, -0.15) is 10.2 Å². The van der Waals surface area contributed by atoms with Gasteiger partial charge < -0.3 is 0 Å². The second-order valence-electron chi connectivity index (χ2n) is 10.6. The Bertz CT molecular complexity index is 1310. The highest BCUT2D eigenvalue weighted by Gasteiger charge is 2.78. The average molecular weight is 417 g/mol. The molecule has 2 heteroatoms. The topological polar surface area (TPSA) is 24.7 Å². The van der Waals surface area contributed by atoms with E-state index in [9.17, 15) is 0 Å². The summed E-state index contributed by atoms with van der Waals surface area (Å²) in [7, 11) is 0. The Hall–Kier alpha value is -3.00. The Morgan fingerprint density at radius 2 is 1.03 bits per heavy atom. The molecule has 4 unspecified atom stereocenters. The molecule has 3 aliphatic rings. The number of nitrogens with zero attached hydrogens (tertiary/aromatic N) is 2. The van der Waals surface area contributed by atoms with Crippen LogP contribution in [0.3, 0.4) is 0 Å². The minimum Gasteiger partial charge on any atom is -0.181 e. The van der Waals surface area contributed by atoms with Crippen LogP contribution in [0.4, 0.5) is 0 Å². The molecule has 158 valence electrons. The van der Waals surface area contributed by atoms with Crippen LogP contribution in [-0.2, 0) is 11.1 Å². The first kappa shape index (κ1) is 18.6. The molecule has 2 nitrogen and oxygen atoms in total. The number of fused-ring (bicyclic) bond motifs is 7. The first-order chi connectivity index (χ1) is 15.6. The minimum atomic E-state index is -0.260. The molecule has 4 aromatic rings. The van der Waals surface area contributed by atoms with E-state index in [2.05, 4.69) is 98.8 Å². The molecule has 0 amide bonds. The van der Waals surface area contributed by atoms with Gasteiger partial charge in [0.25, 0.3) is 0 Å². The number of benzene rings is 4. The molecular formula is C30H28N2. The predicted octanol–water partition coefficient (Wildman–Crippen LogP) is 8.01. The fourth-order valence-corrected chi connectivity index (χ4v) is 7.85. The van der Waals surface area contributed by atoms with Crippen molar-refractivity contribution in [3.8, 4) is 0 Å². The van der Waals surface area contributed by atoms with Crippen LogP contribution >= 0.6 is 0 Å². The summed E-state index contributed by atoms with van der Waals surface area (Å²) in [5.41, 5.74) is 2.08. The van der Waals surface area contributed by atoms with Crippen molar-refractivity contribution in [1.29, 1.82) is 0 Å². The summed E-state index contributed by atoms with van der Waals surface area (Å²) in [5, 5.41) is 15.7. The smallest absolute Gasteiger partial charge is 0.117 e. The van der Waals surface area contributed by atoms with E-state index in [4.69, 9.17) is 10.2 Å². The van der Waals surface area contributed by atoms with E-state index in [1.54, 1.807) is 0 Å². The normalized spacial score (nSPS) is 32.1. The Labute approximate surface area is 189 Å². The number of azo groups is 1. The first-order valence-electron chi connectivity index (χ1n) is 12.0. The summed E-state index contributed by atoms with van der Waals surface area (Å²) in [6.45, 7) is 4.88. The molecule has 4 aromatic carbocycles. The highest BCUT2D eigenvalue weighted by atomic mass is 15.3. The maximum absolute atomic E-state index is 5.26. The molecule has 2 aliphatic carbocycles. The number of hydrogen-bond acceptors (Lipinski definition) is 2. The first-order valence-corrected chi connectivity index (χ1v) is 12.0. The zero-order chi connectivity index (χ0) is 21.6. The van der Waals surface area contributed by atoms with E-state index < -0.39 is 0 Å². The third-order valence-corrected chi connectivity index (χ3v) is 9.24. The quantitative estimate of drug-likeness (QED) is 0.316. The van der Waals surface area contributed by atoms with Gasteiger partial charge >= 0.3 is 0 Å². The van der Waals surface area contributed by atoms with Gasteiger partial charge in [-0.05, 0) is 69.5 Å². The molecule has 1 aliphatic heterocycles. The molecule has 7 rings (SSSR count). The molecule has 2 fully saturated rings. The highest BCUT2D eigenvalue weighted by molar-refractivity contribution is 5.84. The summed E-state index contributed by atoms with van der Waals surface area (Å²) in [6.07, 6.45) is 3.77. The van der Waals surface area contributed by atoms with Crippen LogP contribution in [0.5, 0.6) is 0 Å². The minimum absolute atomic E-state index is 0.0966. The zero-order valence-corrected chi connectivity index (χ0v) is 18.8. The molecule has 0 spiro atoms. The van der Waals surface area contributed by atoms with Crippen molar-refractivity contribution < 1.29 is 0 Å². The lowest BCUT2D eigenvalue weighted by Gasteiger charge is -2.42. The molecule has 1 heterocycles. The van der Waals surface area contributed by atoms with Crippen LogP contribution in [-0.4, -0.2) is 0 Å². The monoisotopic (exact) mass is 416 g/mol. The van der Waals surface area contributed by atoms with Crippen LogP contribution < -0.4 is 0 Å². The van der Waals surface area contributed by atoms with Crippen LogP contribution in [0.1, 0.15) is 44.2 Å². The van der Waals surface area contributed by atoms with Gasteiger partial charge in [0, 0.05) is 5.41 Å². The molecule has 2 saturated carbocycles. The SMILES string of the molecule is CC1(C)C2(c3ccc4ccccc4c3)N=NC1(c1ccc3ccccc3c1)C1CCCC12. The second kappa shape index (κ2) is 6.07. The highest BCUT2D eigenvalue weighted by Crippen LogP contribution is 2.77. The van der Waals surface area contributed by atoms with E-state index in [1.165, 1.54) is 51.9 Å². The van der Waals surface area contributed by atoms with E-state index >= 15 is 0 Å². The van der Waals surface area contributed by atoms with Crippen molar-refractivity contribution >= 4 is 21.5 Å². The van der Waals surface area contributed by atoms with Crippen molar-refractivity contribution in [2.75, 3.05) is 0 Å². The van der Waals surface area contributed by atoms with Crippen molar-refractivity contribution in [3.05, 3.63) is 96.1 Å². The van der Waals surface area contributed by atoms with E-state index in [1.807, 2.05) is 0 Å².